The molecule has 5 nitrogen and oxygen atoms in total. The third-order valence-corrected chi connectivity index (χ3v) is 6.28. The van der Waals surface area contributed by atoms with Crippen LogP contribution in [0, 0.1) is 5.92 Å². The van der Waals surface area contributed by atoms with Crippen LogP contribution < -0.4 is 10.1 Å². The van der Waals surface area contributed by atoms with Gasteiger partial charge in [-0.05, 0) is 70.3 Å². The van der Waals surface area contributed by atoms with Gasteiger partial charge in [0.1, 0.15) is 5.75 Å². The van der Waals surface area contributed by atoms with Crippen LogP contribution in [0.4, 0.5) is 4.79 Å². The van der Waals surface area contributed by atoms with Gasteiger partial charge in [0, 0.05) is 24.0 Å². The second-order valence-electron chi connectivity index (χ2n) is 9.07. The first-order chi connectivity index (χ1) is 12.4. The Kier molecular flexibility index (Phi) is 4.38. The van der Waals surface area contributed by atoms with Crippen molar-refractivity contribution < 1.29 is 9.53 Å². The molecule has 4 heterocycles. The Hall–Kier alpha value is -1.75. The Morgan fingerprint density at radius 1 is 1.12 bits per heavy atom. The molecule has 0 aliphatic carbocycles. The summed E-state index contributed by atoms with van der Waals surface area (Å²) in [4.78, 5) is 17.8. The second-order valence-corrected chi connectivity index (χ2v) is 9.07. The van der Waals surface area contributed by atoms with Gasteiger partial charge in [-0.1, -0.05) is 12.1 Å². The predicted octanol–water partition coefficient (Wildman–Crippen LogP) is 3.07. The summed E-state index contributed by atoms with van der Waals surface area (Å²) in [6.45, 7) is 9.30. The highest BCUT2D eigenvalue weighted by Crippen LogP contribution is 2.46. The number of hydrogen-bond donors (Lipinski definition) is 1. The highest BCUT2D eigenvalue weighted by molar-refractivity contribution is 5.76. The lowest BCUT2D eigenvalue weighted by Crippen LogP contribution is -2.62. The smallest absolute Gasteiger partial charge is 0.318 e. The molecule has 142 valence electrons. The van der Waals surface area contributed by atoms with Crippen molar-refractivity contribution in [2.24, 2.45) is 5.92 Å². The Morgan fingerprint density at radius 2 is 1.77 bits per heavy atom. The van der Waals surface area contributed by atoms with Crippen molar-refractivity contribution in [2.45, 2.75) is 57.2 Å². The predicted molar refractivity (Wildman–Crippen MR) is 103 cm³/mol. The lowest BCUT2D eigenvalue weighted by atomic mass is 9.75. The molecule has 4 aliphatic heterocycles. The number of rotatable bonds is 2. The van der Waals surface area contributed by atoms with E-state index in [9.17, 15) is 4.79 Å². The first kappa shape index (κ1) is 17.7. The Balaban J connectivity index is 1.64. The lowest BCUT2D eigenvalue weighted by Gasteiger charge is -2.51. The van der Waals surface area contributed by atoms with E-state index >= 15 is 0 Å². The zero-order chi connectivity index (χ0) is 18.5. The minimum absolute atomic E-state index is 0.0947. The van der Waals surface area contributed by atoms with E-state index in [0.717, 1.165) is 12.3 Å². The van der Waals surface area contributed by atoms with E-state index < -0.39 is 0 Å². The third kappa shape index (κ3) is 3.07. The van der Waals surface area contributed by atoms with Gasteiger partial charge in [-0.25, -0.2) is 4.79 Å². The molecule has 4 aliphatic rings. The number of hydrogen-bond acceptors (Lipinski definition) is 3. The van der Waals surface area contributed by atoms with Gasteiger partial charge in [0.15, 0.2) is 0 Å². The van der Waals surface area contributed by atoms with E-state index in [4.69, 9.17) is 4.74 Å². The van der Waals surface area contributed by atoms with E-state index in [1.54, 1.807) is 7.11 Å². The average Bonchev–Trinajstić information content (AvgIpc) is 3.04. The van der Waals surface area contributed by atoms with Crippen molar-refractivity contribution in [3.63, 3.8) is 0 Å². The van der Waals surface area contributed by atoms with Gasteiger partial charge < -0.3 is 15.0 Å². The van der Waals surface area contributed by atoms with Crippen molar-refractivity contribution in [3.05, 3.63) is 29.8 Å². The number of nitrogens with one attached hydrogen (secondary N) is 1. The number of nitrogens with zero attached hydrogens (tertiary/aromatic N) is 2. The van der Waals surface area contributed by atoms with Crippen LogP contribution >= 0.6 is 0 Å². The molecular weight excluding hydrogens is 326 g/mol. The molecule has 0 spiro atoms. The number of fused-ring (bicyclic) bond motifs is 2. The molecule has 4 saturated heterocycles. The van der Waals surface area contributed by atoms with E-state index in [-0.39, 0.29) is 11.6 Å². The van der Waals surface area contributed by atoms with Crippen LogP contribution in [0.2, 0.25) is 0 Å². The van der Waals surface area contributed by atoms with Gasteiger partial charge in [0.2, 0.25) is 0 Å². The Morgan fingerprint density at radius 3 is 2.35 bits per heavy atom. The standard InChI is InChI=1S/C21H31N3O2/c1-21(2,3)22-20(25)24-13-17(14-5-7-16(26-4)8-6-14)19-18(24)15-9-11-23(19)12-10-15/h5-8,15,17-19H,9-13H2,1-4H3,(H,22,25)/t17-,18+,19+/m1/s1. The van der Waals surface area contributed by atoms with Crippen molar-refractivity contribution >= 4 is 6.03 Å². The largest absolute Gasteiger partial charge is 0.497 e. The minimum atomic E-state index is -0.210. The summed E-state index contributed by atoms with van der Waals surface area (Å²) >= 11 is 0. The summed E-state index contributed by atoms with van der Waals surface area (Å²) in [6, 6.07) is 9.31. The van der Waals surface area contributed by atoms with Gasteiger partial charge in [0.05, 0.1) is 13.2 Å². The number of benzene rings is 1. The van der Waals surface area contributed by atoms with Crippen LogP contribution in [0.5, 0.6) is 5.75 Å². The molecule has 26 heavy (non-hydrogen) atoms. The van der Waals surface area contributed by atoms with Crippen LogP contribution in [0.25, 0.3) is 0 Å². The summed E-state index contributed by atoms with van der Waals surface area (Å²) in [7, 11) is 1.70. The Labute approximate surface area is 156 Å². The first-order valence-corrected chi connectivity index (χ1v) is 9.84. The number of urea groups is 1. The minimum Gasteiger partial charge on any atom is -0.497 e. The van der Waals surface area contributed by atoms with Gasteiger partial charge in [-0.15, -0.1) is 0 Å². The quantitative estimate of drug-likeness (QED) is 0.885. The molecule has 3 atom stereocenters. The number of amides is 2. The number of carbonyl (C=O) groups excluding carboxylic acids is 1. The first-order valence-electron chi connectivity index (χ1n) is 9.84. The molecule has 2 amide bonds. The molecule has 1 aromatic carbocycles. The summed E-state index contributed by atoms with van der Waals surface area (Å²) < 4.78 is 5.32. The lowest BCUT2D eigenvalue weighted by molar-refractivity contribution is 0.00297. The fourth-order valence-corrected chi connectivity index (χ4v) is 5.19. The van der Waals surface area contributed by atoms with Crippen LogP contribution in [0.15, 0.2) is 24.3 Å². The maximum Gasteiger partial charge on any atom is 0.318 e. The summed E-state index contributed by atoms with van der Waals surface area (Å²) in [5.41, 5.74) is 1.11. The highest BCUT2D eigenvalue weighted by atomic mass is 16.5. The normalized spacial score (nSPS) is 33.1. The van der Waals surface area contributed by atoms with Gasteiger partial charge in [0.25, 0.3) is 0 Å². The summed E-state index contributed by atoms with van der Waals surface area (Å²) in [6.07, 6.45) is 2.44. The highest BCUT2D eigenvalue weighted by Gasteiger charge is 2.54. The van der Waals surface area contributed by atoms with Crippen LogP contribution in [0.3, 0.4) is 0 Å². The van der Waals surface area contributed by atoms with Crippen LogP contribution in [-0.2, 0) is 0 Å². The molecule has 0 aromatic heterocycles. The SMILES string of the molecule is COc1ccc([C@H]2CN(C(=O)NC(C)(C)C)[C@H]3C4CCN(CC4)[C@@H]23)cc1. The van der Waals surface area contributed by atoms with Crippen LogP contribution in [0.1, 0.15) is 45.1 Å². The molecule has 0 unspecified atom stereocenters. The fourth-order valence-electron chi connectivity index (χ4n) is 5.19. The molecule has 4 fully saturated rings. The van der Waals surface area contributed by atoms with Crippen molar-refractivity contribution in [2.75, 3.05) is 26.7 Å². The number of methoxy groups -OCH3 is 1. The van der Waals surface area contributed by atoms with Crippen molar-refractivity contribution in [1.82, 2.24) is 15.1 Å². The maximum atomic E-state index is 13.0. The third-order valence-electron chi connectivity index (χ3n) is 6.28. The molecule has 5 heteroatoms. The second kappa shape index (κ2) is 6.45. The van der Waals surface area contributed by atoms with Gasteiger partial charge >= 0.3 is 6.03 Å². The summed E-state index contributed by atoms with van der Waals surface area (Å²) in [5, 5.41) is 3.19. The molecule has 0 saturated carbocycles. The van der Waals surface area contributed by atoms with E-state index in [1.165, 1.54) is 31.5 Å². The number of carbonyl (C=O) groups is 1. The van der Waals surface area contributed by atoms with Crippen LogP contribution in [-0.4, -0.2) is 60.2 Å². The van der Waals surface area contributed by atoms with E-state index in [0.29, 0.717) is 23.9 Å². The fraction of sp³-hybridized carbons (Fsp3) is 0.667. The molecular formula is C21H31N3O2. The summed E-state index contributed by atoms with van der Waals surface area (Å²) in [5.74, 6) is 1.90. The molecule has 1 aromatic rings. The number of ether oxygens (including phenoxy) is 1. The monoisotopic (exact) mass is 357 g/mol. The number of likely N-dealkylation sites (tertiary alicyclic amines) is 1. The topological polar surface area (TPSA) is 44.8 Å². The average molecular weight is 357 g/mol. The molecule has 0 radical (unpaired) electrons. The molecule has 2 bridgehead atoms. The maximum absolute atomic E-state index is 13.0. The van der Waals surface area contributed by atoms with Gasteiger partial charge in [-0.3, -0.25) is 4.90 Å². The van der Waals surface area contributed by atoms with Crippen molar-refractivity contribution in [1.29, 1.82) is 0 Å². The molecule has 5 rings (SSSR count). The Bertz CT molecular complexity index is 659. The zero-order valence-corrected chi connectivity index (χ0v) is 16.4. The van der Waals surface area contributed by atoms with Gasteiger partial charge in [-0.2, -0.15) is 0 Å². The van der Waals surface area contributed by atoms with E-state index in [1.807, 2.05) is 12.1 Å². The number of piperidine rings is 3. The van der Waals surface area contributed by atoms with E-state index in [2.05, 4.69) is 48.0 Å². The van der Waals surface area contributed by atoms with Crippen molar-refractivity contribution in [3.8, 4) is 5.75 Å². The zero-order valence-electron chi connectivity index (χ0n) is 16.4. The molecule has 1 N–H and O–H groups in total.